The highest BCUT2D eigenvalue weighted by Gasteiger charge is 2.19. The maximum absolute atomic E-state index is 13.2. The van der Waals surface area contributed by atoms with Gasteiger partial charge in [0.1, 0.15) is 0 Å². The number of fused-ring (bicyclic) bond motifs is 1. The van der Waals surface area contributed by atoms with Crippen LogP contribution in [0.4, 0.5) is 5.82 Å². The van der Waals surface area contributed by atoms with Crippen LogP contribution in [0.1, 0.15) is 32.1 Å². The van der Waals surface area contributed by atoms with Crippen LogP contribution in [0.15, 0.2) is 29.1 Å². The Bertz CT molecular complexity index is 953. The second kappa shape index (κ2) is 11.5. The van der Waals surface area contributed by atoms with Crippen molar-refractivity contribution < 1.29 is 14.3 Å². The van der Waals surface area contributed by atoms with Gasteiger partial charge in [0.15, 0.2) is 5.82 Å². The molecule has 0 spiro atoms. The van der Waals surface area contributed by atoms with E-state index in [1.807, 2.05) is 24.3 Å². The Balaban J connectivity index is 1.62. The number of nitrogens with zero attached hydrogens (tertiary/aromatic N) is 3. The molecule has 0 aliphatic carbocycles. The second-order valence-corrected chi connectivity index (χ2v) is 7.62. The van der Waals surface area contributed by atoms with E-state index in [1.54, 1.807) is 11.7 Å². The first kappa shape index (κ1) is 22.7. The third-order valence-electron chi connectivity index (χ3n) is 5.36. The van der Waals surface area contributed by atoms with Crippen LogP contribution in [-0.2, 0) is 20.9 Å². The maximum atomic E-state index is 13.2. The number of piperidine rings is 1. The molecule has 2 amide bonds. The number of methoxy groups -OCH3 is 1. The zero-order valence-corrected chi connectivity index (χ0v) is 18.1. The summed E-state index contributed by atoms with van der Waals surface area (Å²) >= 11 is 0. The van der Waals surface area contributed by atoms with Crippen molar-refractivity contribution in [2.24, 2.45) is 0 Å². The Morgan fingerprint density at radius 2 is 1.74 bits per heavy atom. The number of hydrogen-bond acceptors (Lipinski definition) is 6. The van der Waals surface area contributed by atoms with Crippen molar-refractivity contribution in [1.82, 2.24) is 20.2 Å². The van der Waals surface area contributed by atoms with Gasteiger partial charge >= 0.3 is 0 Å². The monoisotopic (exact) mass is 429 g/mol. The van der Waals surface area contributed by atoms with E-state index in [2.05, 4.69) is 20.5 Å². The molecule has 0 atom stereocenters. The summed E-state index contributed by atoms with van der Waals surface area (Å²) in [6.45, 7) is 3.06. The number of carbonyl (C=O) groups excluding carboxylic acids is 2. The van der Waals surface area contributed by atoms with Gasteiger partial charge in [-0.2, -0.15) is 0 Å². The van der Waals surface area contributed by atoms with Gasteiger partial charge in [-0.3, -0.25) is 14.4 Å². The van der Waals surface area contributed by atoms with Crippen LogP contribution in [0, 0.1) is 0 Å². The van der Waals surface area contributed by atoms with Crippen LogP contribution >= 0.6 is 0 Å². The molecule has 31 heavy (non-hydrogen) atoms. The maximum Gasteiger partial charge on any atom is 0.294 e. The summed E-state index contributed by atoms with van der Waals surface area (Å²) in [5.74, 6) is 0.128. The van der Waals surface area contributed by atoms with Gasteiger partial charge < -0.3 is 24.8 Å². The molecule has 2 aromatic rings. The first-order valence-electron chi connectivity index (χ1n) is 10.9. The summed E-state index contributed by atoms with van der Waals surface area (Å²) in [6, 6.07) is 7.50. The first-order chi connectivity index (χ1) is 15.1. The highest BCUT2D eigenvalue weighted by molar-refractivity contribution is 5.79. The molecule has 168 valence electrons. The van der Waals surface area contributed by atoms with Crippen molar-refractivity contribution in [2.45, 2.75) is 38.6 Å². The quantitative estimate of drug-likeness (QED) is 0.547. The summed E-state index contributed by atoms with van der Waals surface area (Å²) in [5.41, 5.74) is 1.31. The first-order valence-corrected chi connectivity index (χ1v) is 10.9. The van der Waals surface area contributed by atoms with Crippen molar-refractivity contribution in [2.75, 3.05) is 44.8 Å². The number of amides is 2. The molecule has 1 aliphatic heterocycles. The van der Waals surface area contributed by atoms with Crippen molar-refractivity contribution in [3.05, 3.63) is 34.6 Å². The fourth-order valence-electron chi connectivity index (χ4n) is 3.71. The van der Waals surface area contributed by atoms with E-state index in [0.717, 1.165) is 37.0 Å². The Morgan fingerprint density at radius 3 is 2.52 bits per heavy atom. The van der Waals surface area contributed by atoms with Gasteiger partial charge in [0.2, 0.25) is 11.8 Å². The Hall–Kier alpha value is -2.94. The zero-order chi connectivity index (χ0) is 22.1. The van der Waals surface area contributed by atoms with Gasteiger partial charge in [0.05, 0.1) is 17.6 Å². The number of aromatic nitrogens is 2. The van der Waals surface area contributed by atoms with E-state index < -0.39 is 0 Å². The second-order valence-electron chi connectivity index (χ2n) is 7.62. The van der Waals surface area contributed by atoms with Gasteiger partial charge in [0, 0.05) is 52.7 Å². The minimum absolute atomic E-state index is 0.139. The molecule has 1 saturated heterocycles. The summed E-state index contributed by atoms with van der Waals surface area (Å²) in [5, 5.41) is 5.46. The van der Waals surface area contributed by atoms with Crippen LogP contribution in [0.3, 0.4) is 0 Å². The van der Waals surface area contributed by atoms with E-state index in [-0.39, 0.29) is 43.3 Å². The van der Waals surface area contributed by atoms with Crippen molar-refractivity contribution >= 4 is 28.7 Å². The molecule has 1 aromatic heterocycles. The molecular formula is C22H31N5O4. The number of carbonyl (C=O) groups is 2. The number of ether oxygens (including phenoxy) is 1. The minimum atomic E-state index is -0.197. The molecule has 0 radical (unpaired) electrons. The Kier molecular flexibility index (Phi) is 8.40. The molecule has 0 unspecified atom stereocenters. The normalized spacial score (nSPS) is 13.9. The van der Waals surface area contributed by atoms with Crippen LogP contribution in [0.25, 0.3) is 11.0 Å². The number of anilines is 1. The summed E-state index contributed by atoms with van der Waals surface area (Å²) in [4.78, 5) is 43.8. The highest BCUT2D eigenvalue weighted by Crippen LogP contribution is 2.18. The SMILES string of the molecule is COCCNC(=O)CCNC(=O)CCn1c(=O)c(N2CCCCC2)nc2ccccc21. The number of benzene rings is 1. The lowest BCUT2D eigenvalue weighted by atomic mass is 10.1. The summed E-state index contributed by atoms with van der Waals surface area (Å²) in [6.07, 6.45) is 3.62. The number of nitrogens with one attached hydrogen (secondary N) is 2. The van der Waals surface area contributed by atoms with Gasteiger partial charge in [0.25, 0.3) is 5.56 Å². The van der Waals surface area contributed by atoms with E-state index >= 15 is 0 Å². The zero-order valence-electron chi connectivity index (χ0n) is 18.1. The fraction of sp³-hybridized carbons (Fsp3) is 0.545. The van der Waals surface area contributed by atoms with Gasteiger partial charge in [-0.15, -0.1) is 0 Å². The minimum Gasteiger partial charge on any atom is -0.383 e. The lowest BCUT2D eigenvalue weighted by Gasteiger charge is -2.27. The van der Waals surface area contributed by atoms with Crippen molar-refractivity contribution in [3.8, 4) is 0 Å². The Morgan fingerprint density at radius 1 is 1.03 bits per heavy atom. The van der Waals surface area contributed by atoms with Gasteiger partial charge in [-0.25, -0.2) is 4.98 Å². The molecule has 9 heteroatoms. The van der Waals surface area contributed by atoms with E-state index in [9.17, 15) is 14.4 Å². The third-order valence-corrected chi connectivity index (χ3v) is 5.36. The summed E-state index contributed by atoms with van der Waals surface area (Å²) < 4.78 is 6.52. The van der Waals surface area contributed by atoms with E-state index in [4.69, 9.17) is 4.74 Å². The van der Waals surface area contributed by atoms with Crippen LogP contribution in [0.5, 0.6) is 0 Å². The smallest absolute Gasteiger partial charge is 0.294 e. The fourth-order valence-corrected chi connectivity index (χ4v) is 3.71. The summed E-state index contributed by atoms with van der Waals surface area (Å²) in [7, 11) is 1.57. The van der Waals surface area contributed by atoms with Crippen molar-refractivity contribution in [3.63, 3.8) is 0 Å². The predicted molar refractivity (Wildman–Crippen MR) is 119 cm³/mol. The van der Waals surface area contributed by atoms with E-state index in [0.29, 0.717) is 19.0 Å². The molecule has 2 N–H and O–H groups in total. The predicted octanol–water partition coefficient (Wildman–Crippen LogP) is 1.05. The standard InChI is InChI=1S/C22H31N5O4/c1-31-16-12-24-19(28)9-11-23-20(29)10-15-27-18-8-4-3-7-17(18)25-21(22(27)30)26-13-5-2-6-14-26/h3-4,7-8H,2,5-6,9-16H2,1H3,(H,23,29)(H,24,28). The molecule has 1 aliphatic rings. The lowest BCUT2D eigenvalue weighted by Crippen LogP contribution is -2.38. The van der Waals surface area contributed by atoms with E-state index in [1.165, 1.54) is 6.42 Å². The largest absolute Gasteiger partial charge is 0.383 e. The highest BCUT2D eigenvalue weighted by atomic mass is 16.5. The Labute approximate surface area is 181 Å². The average molecular weight is 430 g/mol. The molecular weight excluding hydrogens is 398 g/mol. The topological polar surface area (TPSA) is 106 Å². The van der Waals surface area contributed by atoms with Crippen LogP contribution < -0.4 is 21.1 Å². The average Bonchev–Trinajstić information content (AvgIpc) is 2.79. The van der Waals surface area contributed by atoms with Crippen LogP contribution in [-0.4, -0.2) is 61.3 Å². The molecule has 9 nitrogen and oxygen atoms in total. The van der Waals surface area contributed by atoms with Gasteiger partial charge in [-0.05, 0) is 31.4 Å². The molecule has 2 heterocycles. The molecule has 1 aromatic carbocycles. The lowest BCUT2D eigenvalue weighted by molar-refractivity contribution is -0.122. The van der Waals surface area contributed by atoms with Crippen molar-refractivity contribution in [1.29, 1.82) is 0 Å². The number of hydrogen-bond donors (Lipinski definition) is 2. The number of para-hydroxylation sites is 2. The molecule has 1 fully saturated rings. The number of rotatable bonds is 10. The van der Waals surface area contributed by atoms with Crippen LogP contribution in [0.2, 0.25) is 0 Å². The molecule has 3 rings (SSSR count). The molecule has 0 saturated carbocycles. The third kappa shape index (κ3) is 6.27. The van der Waals surface area contributed by atoms with Gasteiger partial charge in [-0.1, -0.05) is 12.1 Å². The molecule has 0 bridgehead atoms. The number of aryl methyl sites for hydroxylation is 1.